The van der Waals surface area contributed by atoms with Gasteiger partial charge in [0.2, 0.25) is 0 Å². The Morgan fingerprint density at radius 1 is 1.13 bits per heavy atom. The molecule has 1 aliphatic rings. The van der Waals surface area contributed by atoms with Gasteiger partial charge < -0.3 is 15.1 Å². The van der Waals surface area contributed by atoms with Gasteiger partial charge in [0.25, 0.3) is 0 Å². The molecule has 0 unspecified atom stereocenters. The van der Waals surface area contributed by atoms with Crippen molar-refractivity contribution in [2.24, 2.45) is 0 Å². The first kappa shape index (κ1) is 15.4. The van der Waals surface area contributed by atoms with E-state index < -0.39 is 0 Å². The average Bonchev–Trinajstić information content (AvgIpc) is 2.53. The third-order valence-corrected chi connectivity index (χ3v) is 4.41. The number of urea groups is 1. The van der Waals surface area contributed by atoms with Crippen LogP contribution in [-0.4, -0.2) is 36.6 Å². The number of benzene rings is 2. The molecule has 1 fully saturated rings. The molecule has 1 N–H and O–H groups in total. The van der Waals surface area contributed by atoms with Crippen molar-refractivity contribution in [1.82, 2.24) is 4.90 Å². The Balaban J connectivity index is 1.58. The molecule has 0 atom stereocenters. The predicted octanol–water partition coefficient (Wildman–Crippen LogP) is 3.74. The molecule has 4 nitrogen and oxygen atoms in total. The Morgan fingerprint density at radius 2 is 1.78 bits per heavy atom. The largest absolute Gasteiger partial charge is 0.365 e. The molecule has 1 aliphatic heterocycles. The summed E-state index contributed by atoms with van der Waals surface area (Å²) in [5.41, 5.74) is 3.19. The molecule has 0 aromatic heterocycles. The lowest BCUT2D eigenvalue weighted by Crippen LogP contribution is -2.62. The van der Waals surface area contributed by atoms with E-state index in [-0.39, 0.29) is 6.03 Å². The number of hydrogen-bond acceptors (Lipinski definition) is 2. The van der Waals surface area contributed by atoms with E-state index in [1.165, 1.54) is 5.69 Å². The smallest absolute Gasteiger partial charge is 0.321 e. The number of carbonyl (C=O) groups excluding carboxylic acids is 1. The summed E-state index contributed by atoms with van der Waals surface area (Å²) < 4.78 is 0. The molecular weight excluding hydrogens is 286 g/mol. The fraction of sp³-hybridized carbons (Fsp3) is 0.316. The lowest BCUT2D eigenvalue weighted by Gasteiger charge is -2.46. The zero-order chi connectivity index (χ0) is 16.2. The number of hydrogen-bond donors (Lipinski definition) is 1. The Morgan fingerprint density at radius 3 is 2.43 bits per heavy atom. The summed E-state index contributed by atoms with van der Waals surface area (Å²) >= 11 is 0. The molecule has 2 aromatic rings. The second-order valence-electron chi connectivity index (χ2n) is 5.93. The van der Waals surface area contributed by atoms with Crippen molar-refractivity contribution in [3.8, 4) is 0 Å². The van der Waals surface area contributed by atoms with E-state index >= 15 is 0 Å². The summed E-state index contributed by atoms with van der Waals surface area (Å²) in [7, 11) is 0. The standard InChI is InChI=1S/C19H23N3O/c1-3-22(16-10-5-4-6-11-16)17-13-21(14-17)19(23)20-18-12-8-7-9-15(18)2/h4-12,17H,3,13-14H2,1-2H3,(H,20,23). The molecule has 1 saturated heterocycles. The van der Waals surface area contributed by atoms with E-state index in [2.05, 4.69) is 41.4 Å². The van der Waals surface area contributed by atoms with E-state index in [1.807, 2.05) is 42.2 Å². The van der Waals surface area contributed by atoms with Crippen LogP contribution in [0.5, 0.6) is 0 Å². The number of rotatable bonds is 4. The fourth-order valence-electron chi connectivity index (χ4n) is 3.00. The third-order valence-electron chi connectivity index (χ3n) is 4.41. The van der Waals surface area contributed by atoms with Crippen LogP contribution in [0.15, 0.2) is 54.6 Å². The molecule has 1 heterocycles. The van der Waals surface area contributed by atoms with Crippen molar-refractivity contribution in [1.29, 1.82) is 0 Å². The monoisotopic (exact) mass is 309 g/mol. The minimum Gasteiger partial charge on any atom is -0.365 e. The van der Waals surface area contributed by atoms with Gasteiger partial charge in [-0.15, -0.1) is 0 Å². The van der Waals surface area contributed by atoms with Crippen molar-refractivity contribution in [2.75, 3.05) is 29.9 Å². The van der Waals surface area contributed by atoms with Crippen LogP contribution in [0.25, 0.3) is 0 Å². The first-order valence-electron chi connectivity index (χ1n) is 8.12. The first-order valence-corrected chi connectivity index (χ1v) is 8.12. The molecule has 0 bridgehead atoms. The number of nitrogens with zero attached hydrogens (tertiary/aromatic N) is 2. The quantitative estimate of drug-likeness (QED) is 0.934. The lowest BCUT2D eigenvalue weighted by molar-refractivity contribution is 0.161. The number of amides is 2. The molecule has 2 aromatic carbocycles. The number of nitrogens with one attached hydrogen (secondary N) is 1. The Kier molecular flexibility index (Phi) is 4.51. The van der Waals surface area contributed by atoms with Crippen LogP contribution in [0.1, 0.15) is 12.5 Å². The van der Waals surface area contributed by atoms with E-state index in [4.69, 9.17) is 0 Å². The summed E-state index contributed by atoms with van der Waals surface area (Å²) in [6.45, 7) is 6.63. The van der Waals surface area contributed by atoms with Crippen LogP contribution in [-0.2, 0) is 0 Å². The van der Waals surface area contributed by atoms with Gasteiger partial charge in [-0.1, -0.05) is 36.4 Å². The van der Waals surface area contributed by atoms with E-state index in [0.717, 1.165) is 30.9 Å². The minimum atomic E-state index is -0.0142. The summed E-state index contributed by atoms with van der Waals surface area (Å²) in [4.78, 5) is 16.6. The number of aryl methyl sites for hydroxylation is 1. The van der Waals surface area contributed by atoms with Crippen molar-refractivity contribution >= 4 is 17.4 Å². The number of para-hydroxylation sites is 2. The highest BCUT2D eigenvalue weighted by Gasteiger charge is 2.34. The molecule has 120 valence electrons. The molecule has 0 saturated carbocycles. The van der Waals surface area contributed by atoms with Crippen molar-refractivity contribution in [2.45, 2.75) is 19.9 Å². The SMILES string of the molecule is CCN(c1ccccc1)C1CN(C(=O)Nc2ccccc2C)C1. The first-order chi connectivity index (χ1) is 11.2. The molecule has 0 aliphatic carbocycles. The fourth-order valence-corrected chi connectivity index (χ4v) is 3.00. The van der Waals surface area contributed by atoms with E-state index in [9.17, 15) is 4.79 Å². The average molecular weight is 309 g/mol. The van der Waals surface area contributed by atoms with Crippen LogP contribution in [0.2, 0.25) is 0 Å². The number of anilines is 2. The molecule has 4 heteroatoms. The number of likely N-dealkylation sites (N-methyl/N-ethyl adjacent to an activating group) is 1. The van der Waals surface area contributed by atoms with Gasteiger partial charge in [0, 0.05) is 31.0 Å². The van der Waals surface area contributed by atoms with E-state index in [0.29, 0.717) is 6.04 Å². The normalized spacial score (nSPS) is 14.3. The maximum absolute atomic E-state index is 12.3. The molecule has 0 radical (unpaired) electrons. The highest BCUT2D eigenvalue weighted by atomic mass is 16.2. The number of carbonyl (C=O) groups is 1. The van der Waals surface area contributed by atoms with Gasteiger partial charge in [-0.05, 0) is 37.6 Å². The Labute approximate surface area is 137 Å². The minimum absolute atomic E-state index is 0.0142. The number of likely N-dealkylation sites (tertiary alicyclic amines) is 1. The Hall–Kier alpha value is -2.49. The maximum atomic E-state index is 12.3. The zero-order valence-corrected chi connectivity index (χ0v) is 13.7. The third kappa shape index (κ3) is 3.31. The predicted molar refractivity (Wildman–Crippen MR) is 95.0 cm³/mol. The van der Waals surface area contributed by atoms with Crippen LogP contribution in [0.3, 0.4) is 0 Å². The van der Waals surface area contributed by atoms with Crippen LogP contribution in [0.4, 0.5) is 16.2 Å². The summed E-state index contributed by atoms with van der Waals surface area (Å²) in [5, 5.41) is 3.00. The topological polar surface area (TPSA) is 35.6 Å². The Bertz CT molecular complexity index is 665. The highest BCUT2D eigenvalue weighted by molar-refractivity contribution is 5.90. The van der Waals surface area contributed by atoms with Gasteiger partial charge in [-0.25, -0.2) is 4.79 Å². The van der Waals surface area contributed by atoms with Gasteiger partial charge in [0.1, 0.15) is 0 Å². The maximum Gasteiger partial charge on any atom is 0.321 e. The molecule has 3 rings (SSSR count). The molecular formula is C19H23N3O. The van der Waals surface area contributed by atoms with Gasteiger partial charge in [0.05, 0.1) is 6.04 Å². The van der Waals surface area contributed by atoms with Gasteiger partial charge >= 0.3 is 6.03 Å². The van der Waals surface area contributed by atoms with Crippen molar-refractivity contribution < 1.29 is 4.79 Å². The summed E-state index contributed by atoms with van der Waals surface area (Å²) in [6.07, 6.45) is 0. The van der Waals surface area contributed by atoms with Crippen molar-refractivity contribution in [3.05, 3.63) is 60.2 Å². The lowest BCUT2D eigenvalue weighted by atomic mass is 10.1. The highest BCUT2D eigenvalue weighted by Crippen LogP contribution is 2.23. The second kappa shape index (κ2) is 6.73. The second-order valence-corrected chi connectivity index (χ2v) is 5.93. The van der Waals surface area contributed by atoms with Gasteiger partial charge in [-0.3, -0.25) is 0 Å². The van der Waals surface area contributed by atoms with Crippen molar-refractivity contribution in [3.63, 3.8) is 0 Å². The summed E-state index contributed by atoms with van der Waals surface area (Å²) in [5.74, 6) is 0. The molecule has 2 amide bonds. The van der Waals surface area contributed by atoms with E-state index in [1.54, 1.807) is 0 Å². The van der Waals surface area contributed by atoms with Gasteiger partial charge in [0.15, 0.2) is 0 Å². The van der Waals surface area contributed by atoms with Gasteiger partial charge in [-0.2, -0.15) is 0 Å². The van der Waals surface area contributed by atoms with Crippen LogP contribution < -0.4 is 10.2 Å². The van der Waals surface area contributed by atoms with Crippen LogP contribution >= 0.6 is 0 Å². The molecule has 23 heavy (non-hydrogen) atoms. The summed E-state index contributed by atoms with van der Waals surface area (Å²) in [6, 6.07) is 18.6. The zero-order valence-electron chi connectivity index (χ0n) is 13.7. The molecule has 0 spiro atoms. The van der Waals surface area contributed by atoms with Crippen LogP contribution in [0, 0.1) is 6.92 Å².